The van der Waals surface area contributed by atoms with E-state index in [0.717, 1.165) is 16.9 Å². The highest BCUT2D eigenvalue weighted by atomic mass is 16.5. The van der Waals surface area contributed by atoms with Gasteiger partial charge in [-0.15, -0.1) is 0 Å². The van der Waals surface area contributed by atoms with Crippen LogP contribution in [0.25, 0.3) is 22.8 Å². The normalized spacial score (nSPS) is 10.4. The standard InChI is InChI=1S/C17H15N3O/c1-12-6-8-13(9-7-12)16-18-11-19-17(20-16)14-4-3-5-15(10-14)21-2/h3-11H,1-2H3. The summed E-state index contributed by atoms with van der Waals surface area (Å²) in [7, 11) is 1.64. The third-order valence-corrected chi connectivity index (χ3v) is 3.21. The van der Waals surface area contributed by atoms with Crippen molar-refractivity contribution in [3.8, 4) is 28.5 Å². The lowest BCUT2D eigenvalue weighted by Crippen LogP contribution is -1.95. The lowest BCUT2D eigenvalue weighted by molar-refractivity contribution is 0.415. The van der Waals surface area contributed by atoms with Gasteiger partial charge in [-0.25, -0.2) is 15.0 Å². The number of methoxy groups -OCH3 is 1. The Labute approximate surface area is 123 Å². The van der Waals surface area contributed by atoms with Gasteiger partial charge in [-0.3, -0.25) is 0 Å². The van der Waals surface area contributed by atoms with E-state index in [-0.39, 0.29) is 0 Å². The van der Waals surface area contributed by atoms with Gasteiger partial charge in [0.15, 0.2) is 11.6 Å². The topological polar surface area (TPSA) is 47.9 Å². The largest absolute Gasteiger partial charge is 0.497 e. The van der Waals surface area contributed by atoms with Crippen molar-refractivity contribution < 1.29 is 4.74 Å². The first-order valence-electron chi connectivity index (χ1n) is 6.67. The van der Waals surface area contributed by atoms with Crippen molar-refractivity contribution in [3.63, 3.8) is 0 Å². The Morgan fingerprint density at radius 2 is 1.57 bits per heavy atom. The first-order valence-corrected chi connectivity index (χ1v) is 6.67. The number of hydrogen-bond donors (Lipinski definition) is 0. The molecule has 0 amide bonds. The van der Waals surface area contributed by atoms with E-state index in [9.17, 15) is 0 Å². The average Bonchev–Trinajstić information content (AvgIpc) is 2.56. The first kappa shape index (κ1) is 13.2. The van der Waals surface area contributed by atoms with Crippen LogP contribution in [-0.4, -0.2) is 22.1 Å². The molecule has 0 N–H and O–H groups in total. The minimum atomic E-state index is 0.638. The van der Waals surface area contributed by atoms with Crippen LogP contribution in [0.5, 0.6) is 5.75 Å². The maximum absolute atomic E-state index is 5.23. The van der Waals surface area contributed by atoms with Crippen LogP contribution in [0.3, 0.4) is 0 Å². The zero-order valence-corrected chi connectivity index (χ0v) is 11.9. The lowest BCUT2D eigenvalue weighted by Gasteiger charge is -2.05. The minimum absolute atomic E-state index is 0.638. The van der Waals surface area contributed by atoms with Crippen molar-refractivity contribution in [3.05, 3.63) is 60.4 Å². The summed E-state index contributed by atoms with van der Waals surface area (Å²) in [4.78, 5) is 13.0. The molecule has 1 aromatic heterocycles. The molecular weight excluding hydrogens is 262 g/mol. The summed E-state index contributed by atoms with van der Waals surface area (Å²) < 4.78 is 5.23. The fourth-order valence-corrected chi connectivity index (χ4v) is 2.04. The Morgan fingerprint density at radius 1 is 0.857 bits per heavy atom. The van der Waals surface area contributed by atoms with Gasteiger partial charge >= 0.3 is 0 Å². The van der Waals surface area contributed by atoms with Gasteiger partial charge in [0.25, 0.3) is 0 Å². The Kier molecular flexibility index (Phi) is 3.60. The Morgan fingerprint density at radius 3 is 2.29 bits per heavy atom. The van der Waals surface area contributed by atoms with Crippen LogP contribution in [0.15, 0.2) is 54.9 Å². The minimum Gasteiger partial charge on any atom is -0.497 e. The van der Waals surface area contributed by atoms with Gasteiger partial charge < -0.3 is 4.74 Å². The summed E-state index contributed by atoms with van der Waals surface area (Å²) in [5.74, 6) is 2.09. The average molecular weight is 277 g/mol. The predicted octanol–water partition coefficient (Wildman–Crippen LogP) is 3.52. The molecule has 0 spiro atoms. The summed E-state index contributed by atoms with van der Waals surface area (Å²) in [5.41, 5.74) is 3.10. The van der Waals surface area contributed by atoms with Crippen LogP contribution in [0, 0.1) is 6.92 Å². The molecule has 2 aromatic carbocycles. The van der Waals surface area contributed by atoms with Gasteiger partial charge in [0, 0.05) is 11.1 Å². The Balaban J connectivity index is 2.01. The molecule has 0 aliphatic carbocycles. The molecular formula is C17H15N3O. The molecule has 0 aliphatic heterocycles. The number of benzene rings is 2. The monoisotopic (exact) mass is 277 g/mol. The molecule has 1 heterocycles. The smallest absolute Gasteiger partial charge is 0.163 e. The van der Waals surface area contributed by atoms with Crippen molar-refractivity contribution in [1.29, 1.82) is 0 Å². The van der Waals surface area contributed by atoms with Crippen molar-refractivity contribution in [2.24, 2.45) is 0 Å². The molecule has 0 radical (unpaired) electrons. The fourth-order valence-electron chi connectivity index (χ4n) is 2.04. The van der Waals surface area contributed by atoms with Crippen LogP contribution in [0.1, 0.15) is 5.56 Å². The van der Waals surface area contributed by atoms with Crippen molar-refractivity contribution >= 4 is 0 Å². The molecule has 104 valence electrons. The Bertz CT molecular complexity index is 754. The number of aryl methyl sites for hydroxylation is 1. The molecule has 4 heteroatoms. The zero-order valence-electron chi connectivity index (χ0n) is 11.9. The summed E-state index contributed by atoms with van der Waals surface area (Å²) in [5, 5.41) is 0. The highest BCUT2D eigenvalue weighted by Crippen LogP contribution is 2.22. The van der Waals surface area contributed by atoms with Crippen LogP contribution >= 0.6 is 0 Å². The van der Waals surface area contributed by atoms with Gasteiger partial charge in [0.1, 0.15) is 12.1 Å². The summed E-state index contributed by atoms with van der Waals surface area (Å²) in [6.45, 7) is 2.05. The first-order chi connectivity index (χ1) is 10.3. The van der Waals surface area contributed by atoms with Crippen LogP contribution in [0.2, 0.25) is 0 Å². The maximum Gasteiger partial charge on any atom is 0.163 e. The second-order valence-corrected chi connectivity index (χ2v) is 4.73. The SMILES string of the molecule is COc1cccc(-c2ncnc(-c3ccc(C)cc3)n2)c1. The molecule has 4 nitrogen and oxygen atoms in total. The van der Waals surface area contributed by atoms with Crippen molar-refractivity contribution in [2.75, 3.05) is 7.11 Å². The number of aromatic nitrogens is 3. The quantitative estimate of drug-likeness (QED) is 0.735. The number of nitrogens with zero attached hydrogens (tertiary/aromatic N) is 3. The molecule has 3 aromatic rings. The molecule has 0 fully saturated rings. The molecule has 0 atom stereocenters. The maximum atomic E-state index is 5.23. The molecule has 0 saturated heterocycles. The van der Waals surface area contributed by atoms with Crippen LogP contribution in [-0.2, 0) is 0 Å². The van der Waals surface area contributed by atoms with Crippen molar-refractivity contribution in [2.45, 2.75) is 6.92 Å². The van der Waals surface area contributed by atoms with Gasteiger partial charge in [0.2, 0.25) is 0 Å². The molecule has 21 heavy (non-hydrogen) atoms. The van der Waals surface area contributed by atoms with E-state index in [1.54, 1.807) is 7.11 Å². The zero-order chi connectivity index (χ0) is 14.7. The van der Waals surface area contributed by atoms with Gasteiger partial charge in [-0.1, -0.05) is 42.0 Å². The van der Waals surface area contributed by atoms with E-state index in [2.05, 4.69) is 21.9 Å². The summed E-state index contributed by atoms with van der Waals surface area (Å²) in [6.07, 6.45) is 1.54. The van der Waals surface area contributed by atoms with Crippen molar-refractivity contribution in [1.82, 2.24) is 15.0 Å². The third kappa shape index (κ3) is 2.89. The second-order valence-electron chi connectivity index (χ2n) is 4.73. The van der Waals surface area contributed by atoms with Crippen LogP contribution in [0.4, 0.5) is 0 Å². The summed E-state index contributed by atoms with van der Waals surface area (Å²) >= 11 is 0. The predicted molar refractivity (Wildman–Crippen MR) is 82.0 cm³/mol. The fraction of sp³-hybridized carbons (Fsp3) is 0.118. The molecule has 0 unspecified atom stereocenters. The summed E-state index contributed by atoms with van der Waals surface area (Å²) in [6, 6.07) is 15.8. The Hall–Kier alpha value is -2.75. The highest BCUT2D eigenvalue weighted by Gasteiger charge is 2.06. The van der Waals surface area contributed by atoms with Gasteiger partial charge in [-0.05, 0) is 19.1 Å². The number of rotatable bonds is 3. The van der Waals surface area contributed by atoms with E-state index in [1.165, 1.54) is 11.9 Å². The molecule has 0 saturated carbocycles. The number of hydrogen-bond acceptors (Lipinski definition) is 4. The van der Waals surface area contributed by atoms with E-state index < -0.39 is 0 Å². The van der Waals surface area contributed by atoms with Crippen LogP contribution < -0.4 is 4.74 Å². The molecule has 0 aliphatic rings. The van der Waals surface area contributed by atoms with E-state index in [1.807, 2.05) is 48.5 Å². The third-order valence-electron chi connectivity index (χ3n) is 3.21. The van der Waals surface area contributed by atoms with E-state index in [4.69, 9.17) is 4.74 Å². The van der Waals surface area contributed by atoms with Gasteiger partial charge in [0.05, 0.1) is 7.11 Å². The number of ether oxygens (including phenoxy) is 1. The lowest BCUT2D eigenvalue weighted by atomic mass is 10.1. The van der Waals surface area contributed by atoms with E-state index >= 15 is 0 Å². The highest BCUT2D eigenvalue weighted by molar-refractivity contribution is 5.61. The molecule has 0 bridgehead atoms. The molecule has 3 rings (SSSR count). The second kappa shape index (κ2) is 5.71. The van der Waals surface area contributed by atoms with E-state index in [0.29, 0.717) is 11.6 Å². The van der Waals surface area contributed by atoms with Gasteiger partial charge in [-0.2, -0.15) is 0 Å².